The lowest BCUT2D eigenvalue weighted by Crippen LogP contribution is -2.53. The molecule has 1 amide bonds. The van der Waals surface area contributed by atoms with Gasteiger partial charge in [-0.25, -0.2) is 0 Å². The van der Waals surface area contributed by atoms with E-state index in [-0.39, 0.29) is 11.9 Å². The maximum atomic E-state index is 13.6. The summed E-state index contributed by atoms with van der Waals surface area (Å²) in [6.07, 6.45) is 8.44. The summed E-state index contributed by atoms with van der Waals surface area (Å²) in [6.45, 7) is 4.56. The minimum absolute atomic E-state index is 0.0161. The summed E-state index contributed by atoms with van der Waals surface area (Å²) < 4.78 is 0. The second-order valence-electron chi connectivity index (χ2n) is 8.44. The van der Waals surface area contributed by atoms with Crippen LogP contribution in [0.3, 0.4) is 0 Å². The molecule has 158 valence electrons. The van der Waals surface area contributed by atoms with Crippen LogP contribution >= 0.6 is 0 Å². The van der Waals surface area contributed by atoms with Crippen LogP contribution in [0.1, 0.15) is 48.0 Å². The molecular weight excluding hydrogens is 376 g/mol. The standard InChI is InChI=1S/C24H30N4O2/c1-16(14-25-2)12-17-13-19-23(22-18(17)8-7-11-26-22)27(3)15-28(24(19)30)20-9-5-4-6-10-21(20)29/h7-8,11,13-14,20-21,29H,1,4-6,9-10,12,15H2,2-3H3/b25-14-/t20-,21-/m0/s1. The third-order valence-electron chi connectivity index (χ3n) is 6.26. The number of pyridine rings is 1. The van der Waals surface area contributed by atoms with Crippen molar-refractivity contribution >= 4 is 28.7 Å². The molecule has 2 aliphatic rings. The van der Waals surface area contributed by atoms with Crippen molar-refractivity contribution in [3.05, 3.63) is 47.7 Å². The minimum atomic E-state index is -0.468. The van der Waals surface area contributed by atoms with E-state index in [1.54, 1.807) is 19.5 Å². The highest BCUT2D eigenvalue weighted by molar-refractivity contribution is 6.10. The molecule has 0 saturated heterocycles. The van der Waals surface area contributed by atoms with Gasteiger partial charge in [0.15, 0.2) is 0 Å². The fraction of sp³-hybridized carbons (Fsp3) is 0.458. The second-order valence-corrected chi connectivity index (χ2v) is 8.44. The van der Waals surface area contributed by atoms with E-state index in [2.05, 4.69) is 21.5 Å². The van der Waals surface area contributed by atoms with E-state index >= 15 is 0 Å². The minimum Gasteiger partial charge on any atom is -0.391 e. The predicted molar refractivity (Wildman–Crippen MR) is 121 cm³/mol. The predicted octanol–water partition coefficient (Wildman–Crippen LogP) is 3.58. The molecule has 0 bridgehead atoms. The van der Waals surface area contributed by atoms with Crippen LogP contribution in [0, 0.1) is 0 Å². The number of amides is 1. The SMILES string of the molecule is C=C(/C=N\C)Cc1cc2c(c3ncccc13)N(C)CN([C@H]1CCCCC[C@@H]1O)C2=O. The average Bonchev–Trinajstić information content (AvgIpc) is 2.95. The van der Waals surface area contributed by atoms with Gasteiger partial charge in [-0.15, -0.1) is 0 Å². The molecule has 1 N–H and O–H groups in total. The first-order valence-corrected chi connectivity index (χ1v) is 10.7. The number of hydrogen-bond acceptors (Lipinski definition) is 5. The van der Waals surface area contributed by atoms with Crippen molar-refractivity contribution in [2.24, 2.45) is 4.99 Å². The fourth-order valence-electron chi connectivity index (χ4n) is 4.88. The number of aliphatic imine (C=N–C) groups is 1. The van der Waals surface area contributed by atoms with Crippen molar-refractivity contribution in [1.82, 2.24) is 9.88 Å². The van der Waals surface area contributed by atoms with Gasteiger partial charge in [-0.1, -0.05) is 31.9 Å². The molecule has 2 aromatic rings. The number of nitrogens with zero attached hydrogens (tertiary/aromatic N) is 4. The van der Waals surface area contributed by atoms with Crippen molar-refractivity contribution in [2.45, 2.75) is 50.7 Å². The lowest BCUT2D eigenvalue weighted by molar-refractivity contribution is 0.0317. The molecule has 1 aromatic carbocycles. The number of aromatic nitrogens is 1. The average molecular weight is 407 g/mol. The Balaban J connectivity index is 1.80. The van der Waals surface area contributed by atoms with Crippen molar-refractivity contribution < 1.29 is 9.90 Å². The van der Waals surface area contributed by atoms with E-state index in [1.165, 1.54) is 0 Å². The highest BCUT2D eigenvalue weighted by Gasteiger charge is 2.37. The summed E-state index contributed by atoms with van der Waals surface area (Å²) in [5.74, 6) is -0.0161. The monoisotopic (exact) mass is 406 g/mol. The number of anilines is 1. The highest BCUT2D eigenvalue weighted by Crippen LogP contribution is 2.37. The molecule has 0 unspecified atom stereocenters. The van der Waals surface area contributed by atoms with Gasteiger partial charge in [0.1, 0.15) is 0 Å². The van der Waals surface area contributed by atoms with Gasteiger partial charge in [0.2, 0.25) is 0 Å². The van der Waals surface area contributed by atoms with Crippen molar-refractivity contribution in [3.8, 4) is 0 Å². The molecule has 1 fully saturated rings. The number of aliphatic hydroxyl groups is 1. The van der Waals surface area contributed by atoms with Gasteiger partial charge >= 0.3 is 0 Å². The normalized spacial score (nSPS) is 22.4. The molecule has 2 atom stereocenters. The molecule has 1 aliphatic heterocycles. The molecule has 30 heavy (non-hydrogen) atoms. The summed E-state index contributed by atoms with van der Waals surface area (Å²) in [4.78, 5) is 26.3. The molecular formula is C24H30N4O2. The van der Waals surface area contributed by atoms with E-state index < -0.39 is 6.10 Å². The number of hydrogen-bond donors (Lipinski definition) is 1. The van der Waals surface area contributed by atoms with Crippen LogP contribution in [0.4, 0.5) is 5.69 Å². The maximum Gasteiger partial charge on any atom is 0.257 e. The van der Waals surface area contributed by atoms with Gasteiger partial charge in [-0.3, -0.25) is 14.8 Å². The topological polar surface area (TPSA) is 69.0 Å². The van der Waals surface area contributed by atoms with Crippen LogP contribution in [0.25, 0.3) is 10.9 Å². The number of rotatable bonds is 4. The molecule has 1 aromatic heterocycles. The molecule has 2 heterocycles. The number of aliphatic hydroxyl groups excluding tert-OH is 1. The molecule has 6 nitrogen and oxygen atoms in total. The van der Waals surface area contributed by atoms with E-state index in [0.717, 1.165) is 59.8 Å². The smallest absolute Gasteiger partial charge is 0.257 e. The summed E-state index contributed by atoms with van der Waals surface area (Å²) in [7, 11) is 3.73. The Morgan fingerprint density at radius 2 is 2.17 bits per heavy atom. The number of benzene rings is 1. The fourth-order valence-corrected chi connectivity index (χ4v) is 4.88. The van der Waals surface area contributed by atoms with Gasteiger partial charge in [0.25, 0.3) is 5.91 Å². The van der Waals surface area contributed by atoms with Crippen LogP contribution in [0.15, 0.2) is 41.5 Å². The zero-order chi connectivity index (χ0) is 21.3. The van der Waals surface area contributed by atoms with Crippen molar-refractivity contribution in [1.29, 1.82) is 0 Å². The molecule has 4 rings (SSSR count). The lowest BCUT2D eigenvalue weighted by atomic mass is 9.94. The lowest BCUT2D eigenvalue weighted by Gasteiger charge is -2.42. The number of fused-ring (bicyclic) bond motifs is 3. The Morgan fingerprint density at radius 3 is 2.97 bits per heavy atom. The van der Waals surface area contributed by atoms with Crippen LogP contribution < -0.4 is 4.90 Å². The Kier molecular flexibility index (Phi) is 5.86. The van der Waals surface area contributed by atoms with E-state index in [1.807, 2.05) is 30.1 Å². The second kappa shape index (κ2) is 8.56. The van der Waals surface area contributed by atoms with Crippen molar-refractivity contribution in [3.63, 3.8) is 0 Å². The van der Waals surface area contributed by atoms with E-state index in [9.17, 15) is 9.90 Å². The molecule has 6 heteroatoms. The Hall–Kier alpha value is -2.73. The van der Waals surface area contributed by atoms with Gasteiger partial charge in [-0.2, -0.15) is 0 Å². The number of allylic oxidation sites excluding steroid dienone is 1. The van der Waals surface area contributed by atoms with Gasteiger partial charge in [0, 0.05) is 31.9 Å². The van der Waals surface area contributed by atoms with E-state index in [0.29, 0.717) is 18.7 Å². The summed E-state index contributed by atoms with van der Waals surface area (Å²) in [6, 6.07) is 5.82. The summed E-state index contributed by atoms with van der Waals surface area (Å²) >= 11 is 0. The Bertz CT molecular complexity index is 1000. The Labute approximate surface area is 177 Å². The van der Waals surface area contributed by atoms with Gasteiger partial charge < -0.3 is 14.9 Å². The van der Waals surface area contributed by atoms with Crippen LogP contribution in [0.5, 0.6) is 0 Å². The highest BCUT2D eigenvalue weighted by atomic mass is 16.3. The molecule has 1 aliphatic carbocycles. The number of carbonyl (C=O) groups is 1. The van der Waals surface area contributed by atoms with Crippen LogP contribution in [0.2, 0.25) is 0 Å². The van der Waals surface area contributed by atoms with Gasteiger partial charge in [0.05, 0.1) is 35.6 Å². The quantitative estimate of drug-likeness (QED) is 0.622. The maximum absolute atomic E-state index is 13.6. The molecule has 0 radical (unpaired) electrons. The zero-order valence-electron chi connectivity index (χ0n) is 17.8. The van der Waals surface area contributed by atoms with Crippen LogP contribution in [-0.4, -0.2) is 60.0 Å². The first-order chi connectivity index (χ1) is 14.5. The first kappa shape index (κ1) is 20.5. The summed E-state index contributed by atoms with van der Waals surface area (Å²) in [5, 5.41) is 11.7. The summed E-state index contributed by atoms with van der Waals surface area (Å²) in [5.41, 5.74) is 4.27. The third kappa shape index (κ3) is 3.72. The molecule has 1 saturated carbocycles. The van der Waals surface area contributed by atoms with Crippen LogP contribution in [-0.2, 0) is 6.42 Å². The Morgan fingerprint density at radius 1 is 1.37 bits per heavy atom. The zero-order valence-corrected chi connectivity index (χ0v) is 17.8. The van der Waals surface area contributed by atoms with E-state index in [4.69, 9.17) is 0 Å². The van der Waals surface area contributed by atoms with Crippen molar-refractivity contribution in [2.75, 3.05) is 25.7 Å². The number of carbonyl (C=O) groups excluding carboxylic acids is 1. The largest absolute Gasteiger partial charge is 0.391 e. The third-order valence-corrected chi connectivity index (χ3v) is 6.26. The van der Waals surface area contributed by atoms with Gasteiger partial charge in [-0.05, 0) is 42.5 Å². The first-order valence-electron chi connectivity index (χ1n) is 10.7. The molecule has 0 spiro atoms.